The molecule has 6 heteroatoms. The van der Waals surface area contributed by atoms with Gasteiger partial charge < -0.3 is 9.73 Å². The van der Waals surface area contributed by atoms with Gasteiger partial charge in [0.25, 0.3) is 5.69 Å². The van der Waals surface area contributed by atoms with Crippen LogP contribution in [0.1, 0.15) is 25.6 Å². The fourth-order valence-corrected chi connectivity index (χ4v) is 2.14. The fraction of sp³-hybridized carbons (Fsp3) is 0.286. The van der Waals surface area contributed by atoms with Gasteiger partial charge in [-0.25, -0.2) is 0 Å². The van der Waals surface area contributed by atoms with Crippen LogP contribution in [0.2, 0.25) is 5.02 Å². The maximum Gasteiger partial charge on any atom is 0.288 e. The van der Waals surface area contributed by atoms with E-state index in [0.29, 0.717) is 11.3 Å². The van der Waals surface area contributed by atoms with Gasteiger partial charge in [0.05, 0.1) is 11.0 Å². The molecule has 0 amide bonds. The van der Waals surface area contributed by atoms with Crippen LogP contribution in [0.5, 0.6) is 0 Å². The van der Waals surface area contributed by atoms with Crippen molar-refractivity contribution in [2.45, 2.75) is 19.9 Å². The van der Waals surface area contributed by atoms with Gasteiger partial charge in [0, 0.05) is 11.6 Å². The molecule has 1 atom stereocenters. The molecule has 0 fully saturated rings. The third-order valence-electron chi connectivity index (χ3n) is 2.99. The molecule has 1 heterocycles. The van der Waals surface area contributed by atoms with E-state index in [1.54, 1.807) is 12.1 Å². The van der Waals surface area contributed by atoms with Crippen molar-refractivity contribution in [1.29, 1.82) is 0 Å². The van der Waals surface area contributed by atoms with E-state index in [1.807, 2.05) is 19.9 Å². The van der Waals surface area contributed by atoms with Gasteiger partial charge in [-0.15, -0.1) is 0 Å². The van der Waals surface area contributed by atoms with Crippen molar-refractivity contribution in [3.8, 4) is 11.3 Å². The number of hydrogen-bond acceptors (Lipinski definition) is 4. The van der Waals surface area contributed by atoms with E-state index < -0.39 is 4.92 Å². The van der Waals surface area contributed by atoms with Gasteiger partial charge in [-0.3, -0.25) is 10.1 Å². The van der Waals surface area contributed by atoms with Crippen molar-refractivity contribution in [2.75, 3.05) is 6.54 Å². The summed E-state index contributed by atoms with van der Waals surface area (Å²) in [5.74, 6) is 1.38. The zero-order valence-electron chi connectivity index (χ0n) is 11.2. The lowest BCUT2D eigenvalue weighted by Gasteiger charge is -2.08. The highest BCUT2D eigenvalue weighted by molar-refractivity contribution is 6.32. The summed E-state index contributed by atoms with van der Waals surface area (Å²) in [5, 5.41) is 14.2. The van der Waals surface area contributed by atoms with Crippen molar-refractivity contribution in [3.05, 3.63) is 51.2 Å². The number of nitrogens with zero attached hydrogens (tertiary/aromatic N) is 1. The summed E-state index contributed by atoms with van der Waals surface area (Å²) < 4.78 is 5.73. The normalized spacial score (nSPS) is 12.3. The average Bonchev–Trinajstić information content (AvgIpc) is 2.89. The first-order chi connectivity index (χ1) is 9.52. The van der Waals surface area contributed by atoms with Crippen LogP contribution in [0.25, 0.3) is 11.3 Å². The minimum Gasteiger partial charge on any atom is -0.459 e. The highest BCUT2D eigenvalue weighted by Crippen LogP contribution is 2.32. The Morgan fingerprint density at radius 1 is 1.40 bits per heavy atom. The molecule has 1 unspecified atom stereocenters. The van der Waals surface area contributed by atoms with Gasteiger partial charge in [0.2, 0.25) is 0 Å². The van der Waals surface area contributed by atoms with Crippen LogP contribution in [-0.2, 0) is 0 Å². The van der Waals surface area contributed by atoms with Gasteiger partial charge in [-0.1, -0.05) is 18.5 Å². The summed E-state index contributed by atoms with van der Waals surface area (Å²) in [6, 6.07) is 8.39. The van der Waals surface area contributed by atoms with E-state index in [-0.39, 0.29) is 16.8 Å². The minimum atomic E-state index is -0.503. The molecule has 0 aliphatic heterocycles. The first kappa shape index (κ1) is 14.6. The smallest absolute Gasteiger partial charge is 0.288 e. The Kier molecular flexibility index (Phi) is 4.42. The monoisotopic (exact) mass is 294 g/mol. The molecule has 0 aliphatic rings. The minimum absolute atomic E-state index is 0.0936. The van der Waals surface area contributed by atoms with E-state index in [0.717, 1.165) is 12.3 Å². The van der Waals surface area contributed by atoms with Crippen molar-refractivity contribution < 1.29 is 9.34 Å². The number of rotatable bonds is 5. The van der Waals surface area contributed by atoms with Gasteiger partial charge in [-0.05, 0) is 37.7 Å². The topological polar surface area (TPSA) is 68.3 Å². The highest BCUT2D eigenvalue weighted by atomic mass is 35.5. The predicted octanol–water partition coefficient (Wildman–Crippen LogP) is 4.18. The Morgan fingerprint density at radius 3 is 2.80 bits per heavy atom. The highest BCUT2D eigenvalue weighted by Gasteiger charge is 2.16. The van der Waals surface area contributed by atoms with E-state index in [4.69, 9.17) is 16.0 Å². The van der Waals surface area contributed by atoms with Gasteiger partial charge in [0.15, 0.2) is 0 Å². The number of furan rings is 1. The Bertz CT molecular complexity index is 625. The van der Waals surface area contributed by atoms with Crippen LogP contribution in [0, 0.1) is 10.1 Å². The number of nitrogens with one attached hydrogen (secondary N) is 1. The molecule has 2 rings (SSSR count). The first-order valence-corrected chi connectivity index (χ1v) is 6.68. The van der Waals surface area contributed by atoms with Crippen molar-refractivity contribution in [2.24, 2.45) is 0 Å². The van der Waals surface area contributed by atoms with E-state index in [1.165, 1.54) is 12.1 Å². The molecule has 0 aliphatic carbocycles. The molecule has 2 aromatic rings. The summed E-state index contributed by atoms with van der Waals surface area (Å²) in [5.41, 5.74) is 0.512. The molecule has 106 valence electrons. The quantitative estimate of drug-likeness (QED) is 0.663. The largest absolute Gasteiger partial charge is 0.459 e. The Morgan fingerprint density at radius 2 is 2.15 bits per heavy atom. The molecule has 5 nitrogen and oxygen atoms in total. The molecule has 0 radical (unpaired) electrons. The number of benzene rings is 1. The lowest BCUT2D eigenvalue weighted by molar-refractivity contribution is -0.384. The summed E-state index contributed by atoms with van der Waals surface area (Å²) >= 11 is 5.79. The van der Waals surface area contributed by atoms with Gasteiger partial charge in [-0.2, -0.15) is 0 Å². The number of nitro benzene ring substituents is 1. The van der Waals surface area contributed by atoms with Crippen LogP contribution < -0.4 is 5.32 Å². The average molecular weight is 295 g/mol. The molecular weight excluding hydrogens is 280 g/mol. The zero-order chi connectivity index (χ0) is 14.7. The van der Waals surface area contributed by atoms with Crippen LogP contribution in [0.4, 0.5) is 5.69 Å². The third-order valence-corrected chi connectivity index (χ3v) is 3.31. The maximum absolute atomic E-state index is 10.9. The standard InChI is InChI=1S/C14H15ClN2O3/c1-3-16-9(2)13-6-7-14(20-13)10-4-5-11(15)12(8-10)17(18)19/h4-9,16H,3H2,1-2H3. The molecule has 1 aromatic heterocycles. The molecular formula is C14H15ClN2O3. The Balaban J connectivity index is 2.33. The van der Waals surface area contributed by atoms with Crippen molar-refractivity contribution in [1.82, 2.24) is 5.32 Å². The summed E-state index contributed by atoms with van der Waals surface area (Å²) in [6.45, 7) is 4.85. The summed E-state index contributed by atoms with van der Waals surface area (Å²) in [4.78, 5) is 10.4. The van der Waals surface area contributed by atoms with E-state index >= 15 is 0 Å². The van der Waals surface area contributed by atoms with Crippen LogP contribution in [0.3, 0.4) is 0 Å². The number of nitro groups is 1. The molecule has 0 saturated carbocycles. The predicted molar refractivity (Wildman–Crippen MR) is 77.9 cm³/mol. The van der Waals surface area contributed by atoms with Crippen LogP contribution in [-0.4, -0.2) is 11.5 Å². The molecule has 0 spiro atoms. The van der Waals surface area contributed by atoms with Crippen molar-refractivity contribution >= 4 is 17.3 Å². The third kappa shape index (κ3) is 3.00. The summed E-state index contributed by atoms with van der Waals surface area (Å²) in [6.07, 6.45) is 0. The molecule has 1 N–H and O–H groups in total. The number of halogens is 1. The SMILES string of the molecule is CCNC(C)c1ccc(-c2ccc(Cl)c([N+](=O)[O-])c2)o1. The van der Waals surface area contributed by atoms with Crippen molar-refractivity contribution in [3.63, 3.8) is 0 Å². The van der Waals surface area contributed by atoms with Gasteiger partial charge >= 0.3 is 0 Å². The van der Waals surface area contributed by atoms with Crippen LogP contribution in [0.15, 0.2) is 34.7 Å². The van der Waals surface area contributed by atoms with Gasteiger partial charge in [0.1, 0.15) is 16.5 Å². The zero-order valence-corrected chi connectivity index (χ0v) is 12.0. The second-order valence-corrected chi connectivity index (χ2v) is 4.81. The summed E-state index contributed by atoms with van der Waals surface area (Å²) in [7, 11) is 0. The molecule has 0 saturated heterocycles. The molecule has 20 heavy (non-hydrogen) atoms. The fourth-order valence-electron chi connectivity index (χ4n) is 1.95. The maximum atomic E-state index is 10.9. The van der Waals surface area contributed by atoms with E-state index in [9.17, 15) is 10.1 Å². The molecule has 0 bridgehead atoms. The lowest BCUT2D eigenvalue weighted by Crippen LogP contribution is -2.16. The Hall–Kier alpha value is -1.85. The lowest BCUT2D eigenvalue weighted by atomic mass is 10.1. The second-order valence-electron chi connectivity index (χ2n) is 4.40. The van der Waals surface area contributed by atoms with Crippen LogP contribution >= 0.6 is 11.6 Å². The first-order valence-electron chi connectivity index (χ1n) is 6.30. The molecule has 1 aromatic carbocycles. The Labute approximate surface area is 121 Å². The second kappa shape index (κ2) is 6.07. The number of hydrogen-bond donors (Lipinski definition) is 1. The van der Waals surface area contributed by atoms with E-state index in [2.05, 4.69) is 5.32 Å².